The van der Waals surface area contributed by atoms with Crippen molar-refractivity contribution in [2.75, 3.05) is 0 Å². The van der Waals surface area contributed by atoms with Crippen LogP contribution in [0.15, 0.2) is 91.0 Å². The van der Waals surface area contributed by atoms with Crippen LogP contribution >= 0.6 is 11.3 Å². The van der Waals surface area contributed by atoms with Gasteiger partial charge in [0, 0.05) is 21.2 Å². The molecule has 26 heavy (non-hydrogen) atoms. The monoisotopic (exact) mass is 349 g/mol. The third-order valence-electron chi connectivity index (χ3n) is 5.18. The van der Waals surface area contributed by atoms with Crippen LogP contribution in [0.5, 0.6) is 0 Å². The van der Waals surface area contributed by atoms with Gasteiger partial charge in [0.1, 0.15) is 0 Å². The fraction of sp³-hybridized carbons (Fsp3) is 0. The molecule has 0 N–H and O–H groups in total. The summed E-state index contributed by atoms with van der Waals surface area (Å²) in [7, 11) is 0. The highest BCUT2D eigenvalue weighted by molar-refractivity contribution is 7.26. The van der Waals surface area contributed by atoms with E-state index in [0.29, 0.717) is 0 Å². The maximum Gasteiger partial charge on any atom is 0.0727 e. The molecule has 122 valence electrons. The van der Waals surface area contributed by atoms with E-state index < -0.39 is 0 Å². The molecule has 6 rings (SSSR count). The Balaban J connectivity index is 1.95. The molecule has 4 aromatic carbocycles. The highest BCUT2D eigenvalue weighted by atomic mass is 32.1. The maximum atomic E-state index is 2.43. The largest absolute Gasteiger partial charge is 0.308 e. The van der Waals surface area contributed by atoms with Gasteiger partial charge in [0.2, 0.25) is 0 Å². The summed E-state index contributed by atoms with van der Waals surface area (Å²) >= 11 is 1.90. The molecule has 2 heteroatoms. The number of fused-ring (bicyclic) bond motifs is 7. The summed E-state index contributed by atoms with van der Waals surface area (Å²) in [5.41, 5.74) is 3.82. The molecule has 0 bridgehead atoms. The van der Waals surface area contributed by atoms with E-state index in [1.807, 2.05) is 11.3 Å². The van der Waals surface area contributed by atoms with Crippen LogP contribution in [0.3, 0.4) is 0 Å². The zero-order chi connectivity index (χ0) is 17.1. The highest BCUT2D eigenvalue weighted by Crippen LogP contribution is 2.44. The van der Waals surface area contributed by atoms with E-state index in [1.165, 1.54) is 47.7 Å². The zero-order valence-electron chi connectivity index (χ0n) is 14.0. The Morgan fingerprint density at radius 2 is 1.35 bits per heavy atom. The SMILES string of the molecule is c1ccc(-n2c3ccc4ccccc4c3c3sc4ccccc4c32)cc1. The molecule has 0 aliphatic carbocycles. The van der Waals surface area contributed by atoms with Gasteiger partial charge in [0.05, 0.1) is 15.7 Å². The van der Waals surface area contributed by atoms with Gasteiger partial charge in [-0.25, -0.2) is 0 Å². The van der Waals surface area contributed by atoms with Crippen LogP contribution in [-0.2, 0) is 0 Å². The Morgan fingerprint density at radius 3 is 2.23 bits per heavy atom. The second-order valence-corrected chi connectivity index (χ2v) is 7.68. The van der Waals surface area contributed by atoms with Crippen LogP contribution in [0.4, 0.5) is 0 Å². The van der Waals surface area contributed by atoms with Crippen molar-refractivity contribution in [2.24, 2.45) is 0 Å². The van der Waals surface area contributed by atoms with E-state index in [1.54, 1.807) is 0 Å². The van der Waals surface area contributed by atoms with Gasteiger partial charge < -0.3 is 4.57 Å². The van der Waals surface area contributed by atoms with Gasteiger partial charge >= 0.3 is 0 Å². The number of hydrogen-bond donors (Lipinski definition) is 0. The smallest absolute Gasteiger partial charge is 0.0727 e. The van der Waals surface area contributed by atoms with Gasteiger partial charge in [-0.05, 0) is 35.0 Å². The van der Waals surface area contributed by atoms with Gasteiger partial charge in [-0.1, -0.05) is 66.7 Å². The minimum absolute atomic E-state index is 1.21. The topological polar surface area (TPSA) is 4.93 Å². The third-order valence-corrected chi connectivity index (χ3v) is 6.36. The first kappa shape index (κ1) is 14.1. The average molecular weight is 349 g/mol. The standard InChI is InChI=1S/C24H15NS/c1-2-9-17(10-3-1)25-20-15-14-16-8-4-5-11-18(16)22(20)24-23(25)19-12-6-7-13-21(19)26-24/h1-15H. The number of para-hydroxylation sites is 1. The lowest BCUT2D eigenvalue weighted by atomic mass is 10.1. The lowest BCUT2D eigenvalue weighted by Gasteiger charge is -2.08. The van der Waals surface area contributed by atoms with Crippen LogP contribution in [0.2, 0.25) is 0 Å². The quantitative estimate of drug-likeness (QED) is 0.297. The Bertz CT molecular complexity index is 1420. The fourth-order valence-corrected chi connectivity index (χ4v) is 5.33. The summed E-state index contributed by atoms with van der Waals surface area (Å²) in [4.78, 5) is 0. The van der Waals surface area contributed by atoms with Crippen LogP contribution < -0.4 is 0 Å². The molecule has 0 atom stereocenters. The molecule has 0 unspecified atom stereocenters. The van der Waals surface area contributed by atoms with E-state index >= 15 is 0 Å². The minimum atomic E-state index is 1.21. The van der Waals surface area contributed by atoms with Crippen molar-refractivity contribution in [3.63, 3.8) is 0 Å². The Kier molecular flexibility index (Phi) is 2.82. The highest BCUT2D eigenvalue weighted by Gasteiger charge is 2.18. The lowest BCUT2D eigenvalue weighted by Crippen LogP contribution is -1.93. The second-order valence-electron chi connectivity index (χ2n) is 6.63. The predicted octanol–water partition coefficient (Wildman–Crippen LogP) is 7.15. The first-order chi connectivity index (χ1) is 12.9. The Labute approximate surface area is 154 Å². The number of benzene rings is 4. The van der Waals surface area contributed by atoms with E-state index in [2.05, 4.69) is 95.6 Å². The summed E-state index contributed by atoms with van der Waals surface area (Å²) in [6.07, 6.45) is 0. The van der Waals surface area contributed by atoms with E-state index in [9.17, 15) is 0 Å². The van der Waals surface area contributed by atoms with Crippen molar-refractivity contribution in [2.45, 2.75) is 0 Å². The number of nitrogens with zero attached hydrogens (tertiary/aromatic N) is 1. The normalized spacial score (nSPS) is 11.8. The molecule has 0 spiro atoms. The number of thiophene rings is 1. The summed E-state index contributed by atoms with van der Waals surface area (Å²) in [6, 6.07) is 32.6. The Morgan fingerprint density at radius 1 is 0.615 bits per heavy atom. The van der Waals surface area contributed by atoms with Gasteiger partial charge in [-0.3, -0.25) is 0 Å². The number of aromatic nitrogens is 1. The average Bonchev–Trinajstić information content (AvgIpc) is 3.23. The van der Waals surface area contributed by atoms with Gasteiger partial charge in [-0.2, -0.15) is 0 Å². The summed E-state index contributed by atoms with van der Waals surface area (Å²) in [6.45, 7) is 0. The molecule has 0 saturated carbocycles. The molecular formula is C24H15NS. The van der Waals surface area contributed by atoms with Crippen molar-refractivity contribution >= 4 is 53.3 Å². The molecule has 1 nitrogen and oxygen atoms in total. The second kappa shape index (κ2) is 5.20. The van der Waals surface area contributed by atoms with E-state index in [0.717, 1.165) is 0 Å². The van der Waals surface area contributed by atoms with Crippen LogP contribution in [0.25, 0.3) is 47.7 Å². The van der Waals surface area contributed by atoms with Crippen molar-refractivity contribution in [3.8, 4) is 5.69 Å². The first-order valence-corrected chi connectivity index (χ1v) is 9.62. The van der Waals surface area contributed by atoms with Crippen molar-refractivity contribution < 1.29 is 0 Å². The number of hydrogen-bond acceptors (Lipinski definition) is 1. The third kappa shape index (κ3) is 1.80. The van der Waals surface area contributed by atoms with Gasteiger partial charge in [0.15, 0.2) is 0 Å². The molecule has 2 heterocycles. The Hall–Kier alpha value is -3.10. The summed E-state index contributed by atoms with van der Waals surface area (Å²) < 4.78 is 5.15. The summed E-state index contributed by atoms with van der Waals surface area (Å²) in [5, 5.41) is 5.32. The minimum Gasteiger partial charge on any atom is -0.308 e. The molecular weight excluding hydrogens is 334 g/mol. The van der Waals surface area contributed by atoms with Crippen LogP contribution in [0.1, 0.15) is 0 Å². The first-order valence-electron chi connectivity index (χ1n) is 8.81. The maximum absolute atomic E-state index is 2.43. The number of rotatable bonds is 1. The summed E-state index contributed by atoms with van der Waals surface area (Å²) in [5.74, 6) is 0. The molecule has 2 aromatic heterocycles. The van der Waals surface area contributed by atoms with Gasteiger partial charge in [-0.15, -0.1) is 11.3 Å². The molecule has 0 fully saturated rings. The molecule has 0 radical (unpaired) electrons. The van der Waals surface area contributed by atoms with E-state index in [4.69, 9.17) is 0 Å². The molecule has 0 amide bonds. The van der Waals surface area contributed by atoms with Crippen molar-refractivity contribution in [3.05, 3.63) is 91.0 Å². The molecule has 0 saturated heterocycles. The lowest BCUT2D eigenvalue weighted by molar-refractivity contribution is 1.19. The van der Waals surface area contributed by atoms with E-state index in [-0.39, 0.29) is 0 Å². The molecule has 6 aromatic rings. The molecule has 0 aliphatic heterocycles. The molecule has 0 aliphatic rings. The van der Waals surface area contributed by atoms with Gasteiger partial charge in [0.25, 0.3) is 0 Å². The fourth-order valence-electron chi connectivity index (χ4n) is 4.07. The van der Waals surface area contributed by atoms with Crippen molar-refractivity contribution in [1.82, 2.24) is 4.57 Å². The van der Waals surface area contributed by atoms with Crippen molar-refractivity contribution in [1.29, 1.82) is 0 Å². The zero-order valence-corrected chi connectivity index (χ0v) is 14.8. The van der Waals surface area contributed by atoms with Crippen LogP contribution in [0, 0.1) is 0 Å². The predicted molar refractivity (Wildman–Crippen MR) is 114 cm³/mol. The van der Waals surface area contributed by atoms with Crippen LogP contribution in [-0.4, -0.2) is 4.57 Å².